The number of aliphatic hydroxyl groups is 1. The summed E-state index contributed by atoms with van der Waals surface area (Å²) in [5.41, 5.74) is 0. The number of carboxylic acid groups (broad SMARTS) is 1. The van der Waals surface area contributed by atoms with Gasteiger partial charge in [-0.3, -0.25) is 4.79 Å². The van der Waals surface area contributed by atoms with Gasteiger partial charge in [-0.15, -0.1) is 0 Å². The van der Waals surface area contributed by atoms with Crippen LogP contribution in [0.4, 0.5) is 0 Å². The number of carbonyl (C=O) groups is 1. The molecule has 5 heteroatoms. The number of nitriles is 1. The van der Waals surface area contributed by atoms with E-state index in [-0.39, 0.29) is 6.61 Å². The van der Waals surface area contributed by atoms with Gasteiger partial charge in [0.25, 0.3) is 0 Å². The monoisotopic (exact) mass is 175 g/mol. The second-order valence-corrected chi connectivity index (χ2v) is 1.65. The Kier molecular flexibility index (Phi) is 14.1. The summed E-state index contributed by atoms with van der Waals surface area (Å²) in [6.45, 7) is 3.20. The molecule has 0 rings (SSSR count). The summed E-state index contributed by atoms with van der Waals surface area (Å²) in [7, 11) is 0. The second kappa shape index (κ2) is 12.5. The van der Waals surface area contributed by atoms with Gasteiger partial charge in [0.05, 0.1) is 19.3 Å². The predicted octanol–water partition coefficient (Wildman–Crippen LogP) is -0.000120. The van der Waals surface area contributed by atoms with Crippen LogP contribution in [-0.2, 0) is 9.53 Å². The maximum atomic E-state index is 9.38. The minimum Gasteiger partial charge on any atom is -0.480 e. The van der Waals surface area contributed by atoms with E-state index in [2.05, 4.69) is 0 Å². The van der Waals surface area contributed by atoms with Crippen LogP contribution in [-0.4, -0.2) is 36.0 Å². The number of carboxylic acids is 1. The maximum Gasteiger partial charge on any atom is 0.317 e. The van der Waals surface area contributed by atoms with E-state index in [0.717, 1.165) is 0 Å². The van der Waals surface area contributed by atoms with Crippen LogP contribution in [0.3, 0.4) is 0 Å². The molecule has 2 N–H and O–H groups in total. The molecule has 0 aliphatic rings. The van der Waals surface area contributed by atoms with Crippen LogP contribution in [0.5, 0.6) is 0 Å². The number of aliphatic hydroxyl groups excluding tert-OH is 1. The molecule has 70 valence electrons. The summed E-state index contributed by atoms with van der Waals surface area (Å²) in [6.07, 6.45) is -0.403. The fraction of sp³-hybridized carbons (Fsp3) is 0.714. The highest BCUT2D eigenvalue weighted by atomic mass is 16.5. The average Bonchev–Trinajstić information content (AvgIpc) is 2.02. The highest BCUT2D eigenvalue weighted by Crippen LogP contribution is 1.68. The molecule has 0 radical (unpaired) electrons. The van der Waals surface area contributed by atoms with E-state index in [9.17, 15) is 4.79 Å². The number of ether oxygens (including phenoxy) is 1. The Labute approximate surface area is 71.2 Å². The van der Waals surface area contributed by atoms with E-state index in [1.54, 1.807) is 0 Å². The van der Waals surface area contributed by atoms with Crippen molar-refractivity contribution in [2.75, 3.05) is 19.8 Å². The normalized spacial score (nSPS) is 7.75. The Balaban J connectivity index is 0. The van der Waals surface area contributed by atoms with Crippen molar-refractivity contribution in [1.29, 1.82) is 5.26 Å². The number of hydrogen-bond acceptors (Lipinski definition) is 4. The first-order chi connectivity index (χ1) is 5.68. The zero-order chi connectivity index (χ0) is 9.82. The minimum atomic E-state index is -1.07. The molecule has 0 unspecified atom stereocenters. The summed E-state index contributed by atoms with van der Waals surface area (Å²) < 4.78 is 4.73. The lowest BCUT2D eigenvalue weighted by Crippen LogP contribution is -1.96. The molecule has 0 saturated carbocycles. The van der Waals surface area contributed by atoms with Crippen LogP contribution in [0.15, 0.2) is 0 Å². The Hall–Kier alpha value is -1.12. The number of aliphatic carboxylic acids is 1. The highest BCUT2D eigenvalue weighted by Gasteiger charge is 1.87. The molecule has 0 aliphatic carbocycles. The Morgan fingerprint density at radius 2 is 2.25 bits per heavy atom. The summed E-state index contributed by atoms with van der Waals surface area (Å²) >= 11 is 0. The largest absolute Gasteiger partial charge is 0.480 e. The van der Waals surface area contributed by atoms with Crippen LogP contribution >= 0.6 is 0 Å². The van der Waals surface area contributed by atoms with Crippen molar-refractivity contribution in [3.8, 4) is 6.07 Å². The van der Waals surface area contributed by atoms with E-state index >= 15 is 0 Å². The van der Waals surface area contributed by atoms with Crippen molar-refractivity contribution in [2.45, 2.75) is 13.3 Å². The number of rotatable bonds is 4. The quantitative estimate of drug-likeness (QED) is 0.587. The van der Waals surface area contributed by atoms with Crippen molar-refractivity contribution < 1.29 is 19.7 Å². The summed E-state index contributed by atoms with van der Waals surface area (Å²) in [4.78, 5) is 9.38. The molecule has 12 heavy (non-hydrogen) atoms. The van der Waals surface area contributed by atoms with Crippen molar-refractivity contribution >= 4 is 5.97 Å². The van der Waals surface area contributed by atoms with E-state index in [1.165, 1.54) is 6.07 Å². The summed E-state index contributed by atoms with van der Waals surface area (Å²) in [6, 6.07) is 1.47. The van der Waals surface area contributed by atoms with Crippen molar-refractivity contribution in [3.05, 3.63) is 0 Å². The van der Waals surface area contributed by atoms with Gasteiger partial charge in [-0.1, -0.05) is 0 Å². The van der Waals surface area contributed by atoms with E-state index < -0.39 is 12.4 Å². The van der Waals surface area contributed by atoms with Crippen molar-refractivity contribution in [1.82, 2.24) is 0 Å². The third-order valence-corrected chi connectivity index (χ3v) is 0.670. The summed E-state index contributed by atoms with van der Waals surface area (Å²) in [5.74, 6) is -1.07. The molecule has 0 aromatic carbocycles. The first kappa shape index (κ1) is 13.5. The Morgan fingerprint density at radius 3 is 2.33 bits per heavy atom. The highest BCUT2D eigenvalue weighted by molar-refractivity contribution is 5.69. The average molecular weight is 175 g/mol. The zero-order valence-electron chi connectivity index (χ0n) is 6.99. The molecule has 0 atom stereocenters. The Morgan fingerprint density at radius 1 is 1.67 bits per heavy atom. The van der Waals surface area contributed by atoms with Crippen LogP contribution in [0.2, 0.25) is 0 Å². The molecule has 0 amide bonds. The van der Waals surface area contributed by atoms with Gasteiger partial charge in [0.1, 0.15) is 6.42 Å². The van der Waals surface area contributed by atoms with Crippen LogP contribution in [0.1, 0.15) is 13.3 Å². The number of hydrogen-bond donors (Lipinski definition) is 2. The fourth-order valence-electron chi connectivity index (χ4n) is 0.277. The third kappa shape index (κ3) is 23.2. The molecule has 0 aromatic rings. The first-order valence-corrected chi connectivity index (χ1v) is 3.46. The van der Waals surface area contributed by atoms with E-state index in [1.807, 2.05) is 6.92 Å². The van der Waals surface area contributed by atoms with E-state index in [0.29, 0.717) is 13.2 Å². The van der Waals surface area contributed by atoms with Gasteiger partial charge in [0, 0.05) is 6.61 Å². The van der Waals surface area contributed by atoms with E-state index in [4.69, 9.17) is 20.2 Å². The number of nitrogens with zero attached hydrogens (tertiary/aromatic N) is 1. The molecule has 5 nitrogen and oxygen atoms in total. The zero-order valence-corrected chi connectivity index (χ0v) is 6.99. The summed E-state index contributed by atoms with van der Waals surface area (Å²) in [5, 5.41) is 23.4. The standard InChI is InChI=1S/C4H10O2.C3H3NO2/c1-2-6-4-3-5;4-2-1-3(5)6/h5H,2-4H2,1H3;1H2,(H,5,6). The first-order valence-electron chi connectivity index (χ1n) is 3.46. The molecule has 0 bridgehead atoms. The second-order valence-electron chi connectivity index (χ2n) is 1.65. The lowest BCUT2D eigenvalue weighted by Gasteiger charge is -1.91. The SMILES string of the molecule is CCOCCO.N#CCC(=O)O. The smallest absolute Gasteiger partial charge is 0.317 e. The van der Waals surface area contributed by atoms with Crippen molar-refractivity contribution in [3.63, 3.8) is 0 Å². The molecular weight excluding hydrogens is 162 g/mol. The third-order valence-electron chi connectivity index (χ3n) is 0.670. The minimum absolute atomic E-state index is 0.133. The molecule has 0 heterocycles. The van der Waals surface area contributed by atoms with Gasteiger partial charge < -0.3 is 14.9 Å². The van der Waals surface area contributed by atoms with Crippen molar-refractivity contribution in [2.24, 2.45) is 0 Å². The molecule has 0 aromatic heterocycles. The topological polar surface area (TPSA) is 90.5 Å². The van der Waals surface area contributed by atoms with Crippen LogP contribution < -0.4 is 0 Å². The maximum absolute atomic E-state index is 9.38. The fourth-order valence-corrected chi connectivity index (χ4v) is 0.277. The molecule has 0 saturated heterocycles. The molecule has 0 spiro atoms. The van der Waals surface area contributed by atoms with Gasteiger partial charge in [0.2, 0.25) is 0 Å². The van der Waals surface area contributed by atoms with Crippen LogP contribution in [0.25, 0.3) is 0 Å². The lowest BCUT2D eigenvalue weighted by molar-refractivity contribution is -0.135. The Bertz CT molecular complexity index is 137. The van der Waals surface area contributed by atoms with Gasteiger partial charge in [-0.25, -0.2) is 0 Å². The van der Waals surface area contributed by atoms with Gasteiger partial charge >= 0.3 is 5.97 Å². The van der Waals surface area contributed by atoms with Gasteiger partial charge in [-0.2, -0.15) is 5.26 Å². The molecule has 0 aliphatic heterocycles. The van der Waals surface area contributed by atoms with Crippen LogP contribution in [0, 0.1) is 11.3 Å². The van der Waals surface area contributed by atoms with Gasteiger partial charge in [0.15, 0.2) is 0 Å². The molecular formula is C7H13NO4. The molecule has 0 fully saturated rings. The van der Waals surface area contributed by atoms with Gasteiger partial charge in [-0.05, 0) is 6.92 Å². The lowest BCUT2D eigenvalue weighted by atomic mass is 10.5. The predicted molar refractivity (Wildman–Crippen MR) is 41.4 cm³/mol.